The van der Waals surface area contributed by atoms with Gasteiger partial charge in [-0.05, 0) is 12.3 Å². The van der Waals surface area contributed by atoms with Crippen LogP contribution >= 0.6 is 7.60 Å². The van der Waals surface area contributed by atoms with Crippen molar-refractivity contribution in [1.82, 2.24) is 0 Å². The number of unbranched alkanes of at least 4 members (excludes halogenated alkanes) is 13. The van der Waals surface area contributed by atoms with Crippen LogP contribution in [0.3, 0.4) is 0 Å². The molecule has 1 unspecified atom stereocenters. The van der Waals surface area contributed by atoms with Gasteiger partial charge in [0.05, 0.1) is 6.61 Å². The van der Waals surface area contributed by atoms with E-state index in [4.69, 9.17) is 4.52 Å². The molecule has 0 aliphatic carbocycles. The molecular formula is C20H42KO3P. The molecule has 0 saturated heterocycles. The zero-order valence-electron chi connectivity index (χ0n) is 17.6. The average Bonchev–Trinajstić information content (AvgIpc) is 2.53. The van der Waals surface area contributed by atoms with Crippen molar-refractivity contribution in [1.29, 1.82) is 0 Å². The minimum atomic E-state index is -3.58. The molecule has 1 atom stereocenters. The number of hydrogen-bond donors (Lipinski definition) is 0. The van der Waals surface area contributed by atoms with Crippen molar-refractivity contribution in [3.63, 3.8) is 0 Å². The molecule has 0 saturated carbocycles. The zero-order chi connectivity index (χ0) is 18.1. The quantitative estimate of drug-likeness (QED) is 0.200. The van der Waals surface area contributed by atoms with Gasteiger partial charge in [-0.25, -0.2) is 0 Å². The second-order valence-corrected chi connectivity index (χ2v) is 9.55. The molecule has 0 aromatic heterocycles. The van der Waals surface area contributed by atoms with E-state index in [1.54, 1.807) is 0 Å². The van der Waals surface area contributed by atoms with Crippen molar-refractivity contribution < 1.29 is 65.4 Å². The van der Waals surface area contributed by atoms with E-state index in [1.807, 2.05) is 13.8 Å². The van der Waals surface area contributed by atoms with Crippen molar-refractivity contribution in [2.45, 2.75) is 111 Å². The fourth-order valence-corrected chi connectivity index (χ4v) is 4.09. The van der Waals surface area contributed by atoms with Gasteiger partial charge >= 0.3 is 51.4 Å². The van der Waals surface area contributed by atoms with Gasteiger partial charge in [-0.1, -0.05) is 104 Å². The van der Waals surface area contributed by atoms with Gasteiger partial charge in [-0.3, -0.25) is 0 Å². The average molecular weight is 401 g/mol. The Balaban J connectivity index is 0. The molecule has 0 N–H and O–H groups in total. The van der Waals surface area contributed by atoms with Crippen LogP contribution < -0.4 is 56.3 Å². The van der Waals surface area contributed by atoms with Crippen LogP contribution in [0.5, 0.6) is 0 Å². The van der Waals surface area contributed by atoms with Crippen LogP contribution in [-0.2, 0) is 9.09 Å². The summed E-state index contributed by atoms with van der Waals surface area (Å²) in [7, 11) is -3.58. The molecule has 3 nitrogen and oxygen atoms in total. The van der Waals surface area contributed by atoms with Gasteiger partial charge in [0.2, 0.25) is 0 Å². The SMILES string of the molecule is CCCCCCCCCCCCCCCCP(=O)([O-])OCC(C)C.[K+]. The molecule has 0 aliphatic rings. The molecular weight excluding hydrogens is 358 g/mol. The van der Waals surface area contributed by atoms with Gasteiger partial charge in [0.15, 0.2) is 0 Å². The zero-order valence-corrected chi connectivity index (χ0v) is 21.6. The fourth-order valence-electron chi connectivity index (χ4n) is 2.83. The van der Waals surface area contributed by atoms with Crippen molar-refractivity contribution in [2.24, 2.45) is 5.92 Å². The molecule has 0 aromatic carbocycles. The summed E-state index contributed by atoms with van der Waals surface area (Å²) in [5.74, 6) is 0.267. The van der Waals surface area contributed by atoms with Crippen LogP contribution in [0.4, 0.5) is 0 Å². The van der Waals surface area contributed by atoms with Gasteiger partial charge in [0, 0.05) is 6.16 Å². The molecule has 0 rings (SSSR count). The topological polar surface area (TPSA) is 49.4 Å². The predicted octanol–water partition coefficient (Wildman–Crippen LogP) is 3.70. The maximum Gasteiger partial charge on any atom is 1.00 e. The first-order chi connectivity index (χ1) is 11.5. The molecule has 0 aliphatic heterocycles. The van der Waals surface area contributed by atoms with E-state index in [2.05, 4.69) is 6.92 Å². The fraction of sp³-hybridized carbons (Fsp3) is 1.00. The largest absolute Gasteiger partial charge is 1.00 e. The summed E-state index contributed by atoms with van der Waals surface area (Å²) in [5, 5.41) is 0. The van der Waals surface area contributed by atoms with Crippen LogP contribution in [0.1, 0.15) is 111 Å². The molecule has 146 valence electrons. The predicted molar refractivity (Wildman–Crippen MR) is 104 cm³/mol. The second-order valence-electron chi connectivity index (χ2n) is 7.62. The molecule has 0 fully saturated rings. The first-order valence-corrected chi connectivity index (χ1v) is 12.2. The standard InChI is InChI=1S/C20H43O3P.K/c1-4-5-6-7-8-9-10-11-12-13-14-15-16-17-18-24(21,22)23-19-20(2)3;/h20H,4-19H2,1-3H3,(H,21,22);/q;+1/p-1. The summed E-state index contributed by atoms with van der Waals surface area (Å²) in [6.07, 6.45) is 18.1. The summed E-state index contributed by atoms with van der Waals surface area (Å²) in [5.41, 5.74) is 0. The van der Waals surface area contributed by atoms with Crippen LogP contribution in [0, 0.1) is 5.92 Å². The summed E-state index contributed by atoms with van der Waals surface area (Å²) < 4.78 is 16.7. The van der Waals surface area contributed by atoms with E-state index >= 15 is 0 Å². The Morgan fingerprint density at radius 3 is 1.48 bits per heavy atom. The Kier molecular flexibility index (Phi) is 23.8. The van der Waals surface area contributed by atoms with E-state index in [-0.39, 0.29) is 63.5 Å². The third kappa shape index (κ3) is 23.7. The van der Waals surface area contributed by atoms with Crippen molar-refractivity contribution in [3.8, 4) is 0 Å². The third-order valence-electron chi connectivity index (χ3n) is 4.39. The van der Waals surface area contributed by atoms with E-state index in [0.717, 1.165) is 19.3 Å². The van der Waals surface area contributed by atoms with E-state index in [0.29, 0.717) is 6.61 Å². The Bertz CT molecular complexity index is 311. The van der Waals surface area contributed by atoms with E-state index < -0.39 is 7.60 Å². The van der Waals surface area contributed by atoms with Gasteiger partial charge in [0.1, 0.15) is 7.60 Å². The maximum absolute atomic E-state index is 11.7. The normalized spacial score (nSPS) is 13.6. The van der Waals surface area contributed by atoms with Crippen molar-refractivity contribution >= 4 is 7.60 Å². The molecule has 0 aromatic rings. The Morgan fingerprint density at radius 1 is 0.760 bits per heavy atom. The van der Waals surface area contributed by atoms with Gasteiger partial charge in [-0.15, -0.1) is 0 Å². The summed E-state index contributed by atoms with van der Waals surface area (Å²) in [6, 6.07) is 0. The van der Waals surface area contributed by atoms with Crippen molar-refractivity contribution in [2.75, 3.05) is 12.8 Å². The molecule has 0 bridgehead atoms. The van der Waals surface area contributed by atoms with E-state index in [1.165, 1.54) is 70.6 Å². The van der Waals surface area contributed by atoms with Gasteiger partial charge in [0.25, 0.3) is 0 Å². The van der Waals surface area contributed by atoms with Crippen LogP contribution in [0.2, 0.25) is 0 Å². The minimum Gasteiger partial charge on any atom is -0.778 e. The molecule has 0 heterocycles. The molecule has 5 heteroatoms. The third-order valence-corrected chi connectivity index (χ3v) is 5.80. The number of hydrogen-bond acceptors (Lipinski definition) is 3. The summed E-state index contributed by atoms with van der Waals surface area (Å²) in [4.78, 5) is 11.7. The van der Waals surface area contributed by atoms with Crippen molar-refractivity contribution in [3.05, 3.63) is 0 Å². The first kappa shape index (κ1) is 29.0. The summed E-state index contributed by atoms with van der Waals surface area (Å²) in [6.45, 7) is 6.51. The second kappa shape index (κ2) is 20.5. The first-order valence-electron chi connectivity index (χ1n) is 10.4. The molecule has 0 radical (unpaired) electrons. The Morgan fingerprint density at radius 2 is 1.12 bits per heavy atom. The molecule has 0 spiro atoms. The Labute approximate surface area is 200 Å². The maximum atomic E-state index is 11.7. The minimum absolute atomic E-state index is 0. The number of rotatable bonds is 18. The van der Waals surface area contributed by atoms with Crippen LogP contribution in [0.15, 0.2) is 0 Å². The van der Waals surface area contributed by atoms with E-state index in [9.17, 15) is 9.46 Å². The monoisotopic (exact) mass is 400 g/mol. The summed E-state index contributed by atoms with van der Waals surface area (Å²) >= 11 is 0. The Hall–Kier alpha value is 1.79. The smallest absolute Gasteiger partial charge is 0.778 e. The van der Waals surface area contributed by atoms with Crippen LogP contribution in [0.25, 0.3) is 0 Å². The van der Waals surface area contributed by atoms with Crippen LogP contribution in [-0.4, -0.2) is 12.8 Å². The van der Waals surface area contributed by atoms with Gasteiger partial charge in [-0.2, -0.15) is 0 Å². The van der Waals surface area contributed by atoms with Gasteiger partial charge < -0.3 is 14.0 Å². The molecule has 0 amide bonds. The molecule has 25 heavy (non-hydrogen) atoms.